The topological polar surface area (TPSA) is 217 Å². The Morgan fingerprint density at radius 2 is 1.09 bits per heavy atom. The average molecular weight is 989 g/mol. The molecule has 0 unspecified atom stereocenters. The van der Waals surface area contributed by atoms with E-state index in [-0.39, 0.29) is 39.5 Å². The van der Waals surface area contributed by atoms with Gasteiger partial charge in [-0.25, -0.2) is 31.9 Å². The number of aryl methyl sites for hydroxylation is 2. The number of halogens is 2. The second-order valence-corrected chi connectivity index (χ2v) is 22.2. The summed E-state index contributed by atoms with van der Waals surface area (Å²) in [6.07, 6.45) is 1.67. The number of rotatable bonds is 15. The fourth-order valence-corrected chi connectivity index (χ4v) is 9.31. The summed E-state index contributed by atoms with van der Waals surface area (Å²) in [5.74, 6) is -0.0815. The number of carbonyl (C=O) groups is 1. The number of hydrogen-bond donors (Lipinski definition) is 3. The van der Waals surface area contributed by atoms with Crippen molar-refractivity contribution in [3.63, 3.8) is 0 Å². The zero-order valence-electron chi connectivity index (χ0n) is 41.8. The van der Waals surface area contributed by atoms with E-state index in [1.807, 2.05) is 74.2 Å². The lowest BCUT2D eigenvalue weighted by Gasteiger charge is -2.41. The van der Waals surface area contributed by atoms with Crippen molar-refractivity contribution in [2.24, 2.45) is 19.2 Å². The van der Waals surface area contributed by atoms with Gasteiger partial charge in [-0.1, -0.05) is 55.4 Å². The molecular formula is C46H70F2N12O6S2. The summed E-state index contributed by atoms with van der Waals surface area (Å²) < 4.78 is 85.9. The van der Waals surface area contributed by atoms with Crippen LogP contribution in [0.15, 0.2) is 46.5 Å². The second-order valence-electron chi connectivity index (χ2n) is 19.1. The molecule has 0 radical (unpaired) electrons. The number of nitrogens with zero attached hydrogens (tertiary/aromatic N) is 9. The Hall–Kier alpha value is -5.02. The molecule has 18 nitrogen and oxygen atoms in total. The number of ether oxygens (including phenoxy) is 1. The third kappa shape index (κ3) is 14.5. The zero-order valence-corrected chi connectivity index (χ0v) is 43.4. The molecule has 2 aliphatic heterocycles. The highest BCUT2D eigenvalue weighted by molar-refractivity contribution is 7.90. The lowest BCUT2D eigenvalue weighted by atomic mass is 9.92. The van der Waals surface area contributed by atoms with Crippen molar-refractivity contribution in [2.45, 2.75) is 114 Å². The Kier molecular flexibility index (Phi) is 18.8. The molecule has 0 atom stereocenters. The number of benzene rings is 2. The molecular weight excluding hydrogens is 919 g/mol. The van der Waals surface area contributed by atoms with Crippen molar-refractivity contribution in [1.82, 2.24) is 43.9 Å². The molecule has 4 N–H and O–H groups in total. The number of aromatic nitrogens is 4. The average Bonchev–Trinajstić information content (AvgIpc) is 3.77. The van der Waals surface area contributed by atoms with Crippen molar-refractivity contribution >= 4 is 31.8 Å². The maximum Gasteiger partial charge on any atom is 0.333 e. The van der Waals surface area contributed by atoms with Crippen LogP contribution in [0.3, 0.4) is 0 Å². The second kappa shape index (κ2) is 23.1. The van der Waals surface area contributed by atoms with Crippen molar-refractivity contribution in [3.8, 4) is 12.0 Å². The molecule has 0 saturated carbocycles. The van der Waals surface area contributed by atoms with Gasteiger partial charge in [0.2, 0.25) is 0 Å². The number of amides is 2. The number of nitrogens with one attached hydrogen (secondary N) is 2. The zero-order chi connectivity index (χ0) is 51.2. The molecule has 2 fully saturated rings. The van der Waals surface area contributed by atoms with E-state index in [9.17, 15) is 30.4 Å². The maximum atomic E-state index is 14.1. The van der Waals surface area contributed by atoms with Crippen molar-refractivity contribution in [1.29, 1.82) is 5.26 Å². The molecule has 2 amide bonds. The lowest BCUT2D eigenvalue weighted by Crippen LogP contribution is -2.56. The standard InChI is InChI=1S/C23H35FN6O3S.C13H16FNO.C10H19N5O2S/c1-14(2)19-8-16(24)9-20(15(3)4)22(19)25-23(31)27-34(32,33)21-10-17(30(7)26-21)13-29(6)18-11-28(5)12-18;1-8(2)11-5-10(14)6-12(9(3)4)13(11)16-7-15;1-13-5-9(6-13)14(2)7-8-4-10(12-15(8)3)18(11,16)17/h8-10,14-15,18H,11-13H2,1-7H3,(H2,25,27,31);5-6,8-9H,1-4H3;4,9H,5-7H2,1-3H3,(H2,11,16,17). The number of nitrogens with two attached hydrogens (primary N) is 1. The highest BCUT2D eigenvalue weighted by Gasteiger charge is 2.30. The van der Waals surface area contributed by atoms with E-state index >= 15 is 0 Å². The van der Waals surface area contributed by atoms with Crippen molar-refractivity contribution in [3.05, 3.63) is 81.7 Å². The first-order valence-electron chi connectivity index (χ1n) is 22.4. The Morgan fingerprint density at radius 3 is 1.43 bits per heavy atom. The molecule has 4 aromatic rings. The number of likely N-dealkylation sites (tertiary alicyclic amines) is 2. The summed E-state index contributed by atoms with van der Waals surface area (Å²) in [7, 11) is 3.63. The molecule has 2 aromatic carbocycles. The predicted octanol–water partition coefficient (Wildman–Crippen LogP) is 5.81. The molecule has 2 saturated heterocycles. The number of carbonyl (C=O) groups excluding carboxylic acids is 1. The quantitative estimate of drug-likeness (QED) is 0.120. The predicted molar refractivity (Wildman–Crippen MR) is 258 cm³/mol. The fraction of sp³-hybridized carbons (Fsp3) is 0.565. The molecule has 0 aliphatic carbocycles. The third-order valence-electron chi connectivity index (χ3n) is 12.0. The van der Waals surface area contributed by atoms with Gasteiger partial charge in [0, 0.05) is 94.4 Å². The summed E-state index contributed by atoms with van der Waals surface area (Å²) >= 11 is 0. The van der Waals surface area contributed by atoms with E-state index in [1.165, 1.54) is 41.1 Å². The van der Waals surface area contributed by atoms with Crippen LogP contribution in [0, 0.1) is 23.2 Å². The first kappa shape index (κ1) is 55.6. The van der Waals surface area contributed by atoms with Gasteiger partial charge >= 0.3 is 6.03 Å². The van der Waals surface area contributed by atoms with Gasteiger partial charge in [0.15, 0.2) is 10.1 Å². The summed E-state index contributed by atoms with van der Waals surface area (Å²) in [5, 5.41) is 24.1. The summed E-state index contributed by atoms with van der Waals surface area (Å²) in [6, 6.07) is 8.61. The van der Waals surface area contributed by atoms with Gasteiger partial charge in [0.05, 0.1) is 11.4 Å². The molecule has 6 rings (SSSR count). The largest absolute Gasteiger partial charge is 0.387 e. The van der Waals surface area contributed by atoms with E-state index in [0.717, 1.165) is 48.7 Å². The van der Waals surface area contributed by atoms with Crippen molar-refractivity contribution in [2.75, 3.05) is 59.7 Å². The lowest BCUT2D eigenvalue weighted by molar-refractivity contribution is 0.0644. The van der Waals surface area contributed by atoms with E-state index in [4.69, 9.17) is 15.1 Å². The number of likely N-dealkylation sites (N-methyl/N-ethyl adjacent to an activating group) is 4. The van der Waals surface area contributed by atoms with Gasteiger partial charge in [0.1, 0.15) is 17.4 Å². The minimum absolute atomic E-state index is 0.0703. The van der Waals surface area contributed by atoms with E-state index in [2.05, 4.69) is 49.2 Å². The molecule has 2 aliphatic rings. The maximum absolute atomic E-state index is 14.1. The summed E-state index contributed by atoms with van der Waals surface area (Å²) in [5.41, 5.74) is 4.67. The molecule has 0 spiro atoms. The monoisotopic (exact) mass is 988 g/mol. The number of urea groups is 1. The highest BCUT2D eigenvalue weighted by atomic mass is 32.2. The van der Waals surface area contributed by atoms with Crippen LogP contribution in [-0.2, 0) is 47.2 Å². The van der Waals surface area contributed by atoms with Gasteiger partial charge in [0.25, 0.3) is 26.3 Å². The van der Waals surface area contributed by atoms with E-state index in [1.54, 1.807) is 25.0 Å². The molecule has 2 aromatic heterocycles. The van der Waals surface area contributed by atoms with Gasteiger partial charge in [-0.2, -0.15) is 18.6 Å². The highest BCUT2D eigenvalue weighted by Crippen LogP contribution is 2.36. The third-order valence-corrected chi connectivity index (χ3v) is 14.0. The molecule has 0 bridgehead atoms. The molecule has 4 heterocycles. The van der Waals surface area contributed by atoms with Crippen LogP contribution in [0.4, 0.5) is 19.3 Å². The van der Waals surface area contributed by atoms with Crippen LogP contribution in [-0.4, -0.2) is 128 Å². The first-order valence-corrected chi connectivity index (χ1v) is 25.5. The summed E-state index contributed by atoms with van der Waals surface area (Å²) in [6.45, 7) is 20.5. The smallest absolute Gasteiger partial charge is 0.333 e. The fourth-order valence-electron chi connectivity index (χ4n) is 7.85. The van der Waals surface area contributed by atoms with Gasteiger partial charge < -0.3 is 19.9 Å². The SMILES string of the molecule is CC(C)c1cc(F)cc(C(C)C)c1NC(=O)NS(=O)(=O)c1cc(CN(C)C2CN(C)C2)n(C)n1.CC(C)c1cc(F)cc(C(C)C)c1OC#N.CN1CC(N(C)Cc2cc(S(N)(=O)=O)nn2C)C1. The molecule has 22 heteroatoms. The van der Waals surface area contributed by atoms with Crippen LogP contribution < -0.4 is 19.9 Å². The number of primary sulfonamides is 1. The first-order chi connectivity index (χ1) is 31.5. The van der Waals surface area contributed by atoms with Crippen molar-refractivity contribution < 1.29 is 35.1 Å². The van der Waals surface area contributed by atoms with Gasteiger partial charge in [-0.15, -0.1) is 5.26 Å². The van der Waals surface area contributed by atoms with Gasteiger partial charge in [-0.3, -0.25) is 19.2 Å². The number of anilines is 1. The van der Waals surface area contributed by atoms with Crippen LogP contribution >= 0.6 is 0 Å². The van der Waals surface area contributed by atoms with Crippen LogP contribution in [0.1, 0.15) is 113 Å². The molecule has 68 heavy (non-hydrogen) atoms. The Morgan fingerprint density at radius 1 is 0.721 bits per heavy atom. The minimum atomic E-state index is -4.21. The minimum Gasteiger partial charge on any atom is -0.387 e. The summed E-state index contributed by atoms with van der Waals surface area (Å²) in [4.78, 5) is 21.5. The Labute approximate surface area is 401 Å². The van der Waals surface area contributed by atoms with Crippen LogP contribution in [0.25, 0.3) is 0 Å². The normalized spacial score (nSPS) is 15.0. The van der Waals surface area contributed by atoms with Gasteiger partial charge in [-0.05, 0) is 87.3 Å². The van der Waals surface area contributed by atoms with E-state index in [0.29, 0.717) is 47.7 Å². The Balaban J connectivity index is 0.000000248. The van der Waals surface area contributed by atoms with Crippen LogP contribution in [0.5, 0.6) is 5.75 Å². The van der Waals surface area contributed by atoms with Crippen LogP contribution in [0.2, 0.25) is 0 Å². The number of hydrogen-bond acceptors (Lipinski definition) is 13. The Bertz CT molecular complexity index is 2590. The number of sulfonamides is 2. The van der Waals surface area contributed by atoms with E-state index < -0.39 is 31.9 Å². The number of nitriles is 1. The molecule has 376 valence electrons.